The number of fused-ring (bicyclic) bond motifs is 1. The molecule has 0 spiro atoms. The number of anilines is 1. The lowest BCUT2D eigenvalue weighted by molar-refractivity contribution is 0.102. The third-order valence-corrected chi connectivity index (χ3v) is 3.81. The van der Waals surface area contributed by atoms with Crippen molar-refractivity contribution >= 4 is 28.8 Å². The molecule has 0 unspecified atom stereocenters. The smallest absolute Gasteiger partial charge is 0.255 e. The van der Waals surface area contributed by atoms with E-state index in [1.54, 1.807) is 18.3 Å². The van der Waals surface area contributed by atoms with E-state index in [9.17, 15) is 4.79 Å². The van der Waals surface area contributed by atoms with Crippen LogP contribution in [0.1, 0.15) is 27.3 Å². The van der Waals surface area contributed by atoms with Crippen LogP contribution in [0.15, 0.2) is 30.5 Å². The molecule has 0 fully saturated rings. The predicted molar refractivity (Wildman–Crippen MR) is 86.6 cm³/mol. The van der Waals surface area contributed by atoms with Crippen molar-refractivity contribution < 1.29 is 4.79 Å². The number of aromatic nitrogens is 3. The third-order valence-electron chi connectivity index (χ3n) is 3.51. The van der Waals surface area contributed by atoms with Gasteiger partial charge < -0.3 is 5.32 Å². The fraction of sp³-hybridized carbons (Fsp3) is 0.188. The second kappa shape index (κ2) is 5.42. The second-order valence-electron chi connectivity index (χ2n) is 5.28. The number of aryl methyl sites for hydroxylation is 3. The van der Waals surface area contributed by atoms with Gasteiger partial charge >= 0.3 is 0 Å². The van der Waals surface area contributed by atoms with Crippen LogP contribution in [0.2, 0.25) is 5.02 Å². The number of hydrogen-bond donors (Lipinski definition) is 1. The monoisotopic (exact) mass is 314 g/mol. The Labute approximate surface area is 132 Å². The van der Waals surface area contributed by atoms with Gasteiger partial charge in [-0.2, -0.15) is 0 Å². The standard InChI is InChI=1S/C16H15ClN4O/c1-9-6-10(2)15(13(17)7-9)18-16(22)12-4-5-21-11(3)19-20-14(21)8-12/h4-8H,1-3H3,(H,18,22). The number of halogens is 1. The highest BCUT2D eigenvalue weighted by Gasteiger charge is 2.13. The Hall–Kier alpha value is -2.40. The van der Waals surface area contributed by atoms with Gasteiger partial charge in [-0.3, -0.25) is 9.20 Å². The molecule has 2 heterocycles. The summed E-state index contributed by atoms with van der Waals surface area (Å²) < 4.78 is 1.82. The molecule has 0 atom stereocenters. The van der Waals surface area contributed by atoms with Gasteiger partial charge in [0.1, 0.15) is 5.82 Å². The Morgan fingerprint density at radius 3 is 2.68 bits per heavy atom. The predicted octanol–water partition coefficient (Wildman–Crippen LogP) is 3.56. The Morgan fingerprint density at radius 1 is 1.18 bits per heavy atom. The summed E-state index contributed by atoms with van der Waals surface area (Å²) in [5.74, 6) is 0.552. The number of benzene rings is 1. The first-order valence-electron chi connectivity index (χ1n) is 6.85. The summed E-state index contributed by atoms with van der Waals surface area (Å²) in [6.07, 6.45) is 1.78. The molecule has 112 valence electrons. The van der Waals surface area contributed by atoms with Gasteiger partial charge in [-0.05, 0) is 50.1 Å². The first-order chi connectivity index (χ1) is 10.5. The first kappa shape index (κ1) is 14.5. The molecule has 1 amide bonds. The Balaban J connectivity index is 1.93. The van der Waals surface area contributed by atoms with E-state index in [0.717, 1.165) is 17.0 Å². The average Bonchev–Trinajstić information content (AvgIpc) is 2.83. The molecule has 0 aliphatic heterocycles. The normalized spacial score (nSPS) is 10.9. The lowest BCUT2D eigenvalue weighted by atomic mass is 10.1. The van der Waals surface area contributed by atoms with Crippen molar-refractivity contribution in [2.75, 3.05) is 5.32 Å². The van der Waals surface area contributed by atoms with Crippen molar-refractivity contribution in [1.29, 1.82) is 0 Å². The SMILES string of the molecule is Cc1cc(C)c(NC(=O)c2ccn3c(C)nnc3c2)c(Cl)c1. The van der Waals surface area contributed by atoms with Gasteiger partial charge in [-0.15, -0.1) is 10.2 Å². The Morgan fingerprint density at radius 2 is 1.95 bits per heavy atom. The maximum Gasteiger partial charge on any atom is 0.255 e. The molecule has 0 aliphatic rings. The van der Waals surface area contributed by atoms with E-state index in [4.69, 9.17) is 11.6 Å². The summed E-state index contributed by atoms with van der Waals surface area (Å²) >= 11 is 6.22. The number of hydrogen-bond acceptors (Lipinski definition) is 3. The largest absolute Gasteiger partial charge is 0.320 e. The van der Waals surface area contributed by atoms with Crippen LogP contribution < -0.4 is 5.32 Å². The number of amides is 1. The number of carbonyl (C=O) groups is 1. The molecule has 1 N–H and O–H groups in total. The molecule has 2 aromatic heterocycles. The lowest BCUT2D eigenvalue weighted by Crippen LogP contribution is -2.13. The molecule has 5 nitrogen and oxygen atoms in total. The zero-order valence-electron chi connectivity index (χ0n) is 12.5. The highest BCUT2D eigenvalue weighted by Crippen LogP contribution is 2.27. The number of nitrogens with one attached hydrogen (secondary N) is 1. The van der Waals surface area contributed by atoms with Gasteiger partial charge in [-0.1, -0.05) is 17.7 Å². The molecule has 3 rings (SSSR count). The van der Waals surface area contributed by atoms with Gasteiger partial charge in [0.05, 0.1) is 10.7 Å². The van der Waals surface area contributed by atoms with E-state index in [1.807, 2.05) is 37.3 Å². The number of carbonyl (C=O) groups excluding carboxylic acids is 1. The average molecular weight is 315 g/mol. The van der Waals surface area contributed by atoms with E-state index in [1.165, 1.54) is 0 Å². The van der Waals surface area contributed by atoms with Gasteiger partial charge in [0.15, 0.2) is 5.65 Å². The second-order valence-corrected chi connectivity index (χ2v) is 5.69. The first-order valence-corrected chi connectivity index (χ1v) is 7.23. The highest BCUT2D eigenvalue weighted by atomic mass is 35.5. The third kappa shape index (κ3) is 2.55. The van der Waals surface area contributed by atoms with Crippen LogP contribution in [0.25, 0.3) is 5.65 Å². The number of nitrogens with zero attached hydrogens (tertiary/aromatic N) is 3. The van der Waals surface area contributed by atoms with Crippen molar-refractivity contribution in [3.63, 3.8) is 0 Å². The van der Waals surface area contributed by atoms with Crippen LogP contribution in [0.4, 0.5) is 5.69 Å². The lowest BCUT2D eigenvalue weighted by Gasteiger charge is -2.11. The molecule has 0 saturated heterocycles. The van der Waals surface area contributed by atoms with Crippen LogP contribution in [0, 0.1) is 20.8 Å². The molecule has 0 radical (unpaired) electrons. The zero-order valence-corrected chi connectivity index (χ0v) is 13.3. The maximum absolute atomic E-state index is 12.4. The summed E-state index contributed by atoms with van der Waals surface area (Å²) in [6, 6.07) is 7.24. The van der Waals surface area contributed by atoms with Crippen molar-refractivity contribution in [3.05, 3.63) is 58.0 Å². The zero-order chi connectivity index (χ0) is 15.9. The van der Waals surface area contributed by atoms with Crippen LogP contribution >= 0.6 is 11.6 Å². The van der Waals surface area contributed by atoms with Crippen LogP contribution in [0.5, 0.6) is 0 Å². The van der Waals surface area contributed by atoms with Crippen molar-refractivity contribution in [2.24, 2.45) is 0 Å². The quantitative estimate of drug-likeness (QED) is 0.786. The minimum atomic E-state index is -0.225. The fourth-order valence-corrected chi connectivity index (χ4v) is 2.78. The summed E-state index contributed by atoms with van der Waals surface area (Å²) in [4.78, 5) is 12.4. The fourth-order valence-electron chi connectivity index (χ4n) is 2.41. The van der Waals surface area contributed by atoms with E-state index < -0.39 is 0 Å². The van der Waals surface area contributed by atoms with Gasteiger partial charge in [-0.25, -0.2) is 0 Å². The maximum atomic E-state index is 12.4. The summed E-state index contributed by atoms with van der Waals surface area (Å²) in [7, 11) is 0. The van der Waals surface area contributed by atoms with Crippen molar-refractivity contribution in [3.8, 4) is 0 Å². The van der Waals surface area contributed by atoms with Crippen LogP contribution in [0.3, 0.4) is 0 Å². The van der Waals surface area contributed by atoms with Crippen molar-refractivity contribution in [1.82, 2.24) is 14.6 Å². The van der Waals surface area contributed by atoms with Crippen LogP contribution in [-0.2, 0) is 0 Å². The van der Waals surface area contributed by atoms with Gasteiger partial charge in [0.25, 0.3) is 5.91 Å². The minimum absolute atomic E-state index is 0.225. The molecular formula is C16H15ClN4O. The van der Waals surface area contributed by atoms with Crippen LogP contribution in [-0.4, -0.2) is 20.5 Å². The Bertz CT molecular complexity index is 862. The van der Waals surface area contributed by atoms with E-state index in [0.29, 0.717) is 21.9 Å². The molecule has 0 aliphatic carbocycles. The van der Waals surface area contributed by atoms with Gasteiger partial charge in [0.2, 0.25) is 0 Å². The van der Waals surface area contributed by atoms with E-state index >= 15 is 0 Å². The molecule has 22 heavy (non-hydrogen) atoms. The Kier molecular flexibility index (Phi) is 3.58. The molecule has 1 aromatic carbocycles. The molecule has 6 heteroatoms. The molecule has 3 aromatic rings. The van der Waals surface area contributed by atoms with Crippen molar-refractivity contribution in [2.45, 2.75) is 20.8 Å². The number of pyridine rings is 1. The molecular weight excluding hydrogens is 300 g/mol. The topological polar surface area (TPSA) is 59.3 Å². The highest BCUT2D eigenvalue weighted by molar-refractivity contribution is 6.34. The summed E-state index contributed by atoms with van der Waals surface area (Å²) in [5.41, 5.74) is 3.77. The minimum Gasteiger partial charge on any atom is -0.320 e. The van der Waals surface area contributed by atoms with Gasteiger partial charge in [0, 0.05) is 11.8 Å². The molecule has 0 bridgehead atoms. The van der Waals surface area contributed by atoms with E-state index in [2.05, 4.69) is 15.5 Å². The summed E-state index contributed by atoms with van der Waals surface area (Å²) in [6.45, 7) is 5.74. The molecule has 0 saturated carbocycles. The number of rotatable bonds is 2. The van der Waals surface area contributed by atoms with E-state index in [-0.39, 0.29) is 5.91 Å². The summed E-state index contributed by atoms with van der Waals surface area (Å²) in [5, 5.41) is 11.4.